The minimum atomic E-state index is -0.504. The van der Waals surface area contributed by atoms with Gasteiger partial charge in [-0.1, -0.05) is 11.6 Å². The summed E-state index contributed by atoms with van der Waals surface area (Å²) in [5.41, 5.74) is -0.205. The number of anilines is 2. The molecule has 0 radical (unpaired) electrons. The summed E-state index contributed by atoms with van der Waals surface area (Å²) in [6, 6.07) is 5.42. The lowest BCUT2D eigenvalue weighted by atomic mass is 10.1. The summed E-state index contributed by atoms with van der Waals surface area (Å²) in [5.74, 6) is -0.00185. The Labute approximate surface area is 164 Å². The lowest BCUT2D eigenvalue weighted by Gasteiger charge is -2.27. The van der Waals surface area contributed by atoms with Crippen LogP contribution in [0.1, 0.15) is 19.3 Å². The lowest BCUT2D eigenvalue weighted by Crippen LogP contribution is -2.30. The molecule has 1 aromatic carbocycles. The van der Waals surface area contributed by atoms with E-state index in [2.05, 4.69) is 20.3 Å². The molecule has 0 atom stereocenters. The predicted octanol–water partition coefficient (Wildman–Crippen LogP) is 2.31. The number of nitrogens with one attached hydrogen (secondary N) is 1. The van der Waals surface area contributed by atoms with Crippen LogP contribution in [0.4, 0.5) is 15.9 Å². The van der Waals surface area contributed by atoms with Crippen LogP contribution >= 0.6 is 11.6 Å². The highest BCUT2D eigenvalue weighted by Crippen LogP contribution is 2.22. The van der Waals surface area contributed by atoms with Crippen molar-refractivity contribution in [2.24, 2.45) is 0 Å². The molecule has 2 aromatic heterocycles. The van der Waals surface area contributed by atoms with Crippen LogP contribution in [-0.4, -0.2) is 38.2 Å². The third kappa shape index (κ3) is 3.70. The first-order valence-corrected chi connectivity index (χ1v) is 9.35. The van der Waals surface area contributed by atoms with Crippen LogP contribution in [0.2, 0.25) is 5.02 Å². The number of carbonyl (C=O) groups excluding carboxylic acids is 1. The Morgan fingerprint density at radius 3 is 2.75 bits per heavy atom. The smallest absolute Gasteiger partial charge is 0.352 e. The molecule has 0 aliphatic carbocycles. The molecule has 28 heavy (non-hydrogen) atoms. The van der Waals surface area contributed by atoms with E-state index in [1.165, 1.54) is 23.0 Å². The van der Waals surface area contributed by atoms with Gasteiger partial charge >= 0.3 is 5.69 Å². The molecule has 4 rings (SSSR count). The Kier molecular flexibility index (Phi) is 4.99. The third-order valence-corrected chi connectivity index (χ3v) is 4.93. The maximum absolute atomic E-state index is 13.1. The average molecular weight is 405 g/mol. The molecule has 8 nitrogen and oxygen atoms in total. The quantitative estimate of drug-likeness (QED) is 0.721. The second-order valence-electron chi connectivity index (χ2n) is 6.62. The molecule has 10 heteroatoms. The molecule has 1 aliphatic heterocycles. The van der Waals surface area contributed by atoms with Gasteiger partial charge in [0.25, 0.3) is 5.78 Å². The van der Waals surface area contributed by atoms with Crippen LogP contribution < -0.4 is 15.9 Å². The first-order chi connectivity index (χ1) is 13.5. The molecule has 0 saturated carbocycles. The van der Waals surface area contributed by atoms with E-state index in [1.54, 1.807) is 12.3 Å². The topological polar surface area (TPSA) is 84.5 Å². The second-order valence-corrected chi connectivity index (χ2v) is 7.02. The van der Waals surface area contributed by atoms with Crippen LogP contribution in [0.5, 0.6) is 0 Å². The summed E-state index contributed by atoms with van der Waals surface area (Å²) in [5, 5.41) is 6.78. The fourth-order valence-corrected chi connectivity index (χ4v) is 3.43. The number of nitrogens with zero attached hydrogens (tertiary/aromatic N) is 5. The van der Waals surface area contributed by atoms with Crippen molar-refractivity contribution < 1.29 is 9.18 Å². The van der Waals surface area contributed by atoms with Gasteiger partial charge in [0, 0.05) is 19.3 Å². The summed E-state index contributed by atoms with van der Waals surface area (Å²) in [7, 11) is 0. The molecule has 0 spiro atoms. The summed E-state index contributed by atoms with van der Waals surface area (Å²) in [4.78, 5) is 31.4. The number of hydrogen-bond acceptors (Lipinski definition) is 5. The molecular formula is C18H18ClFN6O2. The van der Waals surface area contributed by atoms with E-state index in [4.69, 9.17) is 11.6 Å². The highest BCUT2D eigenvalue weighted by molar-refractivity contribution is 6.33. The lowest BCUT2D eigenvalue weighted by molar-refractivity contribution is -0.117. The number of aromatic nitrogens is 4. The van der Waals surface area contributed by atoms with Gasteiger partial charge in [0.05, 0.1) is 10.7 Å². The molecule has 1 aliphatic rings. The van der Waals surface area contributed by atoms with Crippen molar-refractivity contribution in [3.05, 3.63) is 51.8 Å². The molecule has 0 bridgehead atoms. The molecule has 3 aromatic rings. The number of fused-ring (bicyclic) bond motifs is 1. The zero-order chi connectivity index (χ0) is 19.7. The SMILES string of the molecule is O=C(Cn1nc2nc(N3CCCCC3)ccn2c1=O)Nc1ccc(F)cc1Cl. The summed E-state index contributed by atoms with van der Waals surface area (Å²) in [6.07, 6.45) is 5.05. The Morgan fingerprint density at radius 1 is 1.21 bits per heavy atom. The van der Waals surface area contributed by atoms with Gasteiger partial charge in [0.2, 0.25) is 5.91 Å². The number of rotatable bonds is 4. The zero-order valence-electron chi connectivity index (χ0n) is 14.9. The van der Waals surface area contributed by atoms with Crippen LogP contribution in [0, 0.1) is 5.82 Å². The van der Waals surface area contributed by atoms with Crippen LogP contribution in [0.25, 0.3) is 5.78 Å². The van der Waals surface area contributed by atoms with E-state index in [1.807, 2.05) is 0 Å². The minimum absolute atomic E-state index is 0.0727. The van der Waals surface area contributed by atoms with Gasteiger partial charge in [-0.3, -0.25) is 4.79 Å². The number of carbonyl (C=O) groups is 1. The molecule has 1 saturated heterocycles. The van der Waals surface area contributed by atoms with Crippen LogP contribution in [-0.2, 0) is 11.3 Å². The van der Waals surface area contributed by atoms with E-state index >= 15 is 0 Å². The number of amides is 1. The Bertz CT molecular complexity index is 1090. The van der Waals surface area contributed by atoms with Crippen molar-refractivity contribution in [1.82, 2.24) is 19.2 Å². The minimum Gasteiger partial charge on any atom is -0.356 e. The Balaban J connectivity index is 1.54. The van der Waals surface area contributed by atoms with Crippen molar-refractivity contribution in [2.45, 2.75) is 25.8 Å². The first kappa shape index (κ1) is 18.4. The molecule has 1 amide bonds. The monoisotopic (exact) mass is 404 g/mol. The number of halogens is 2. The summed E-state index contributed by atoms with van der Waals surface area (Å²) >= 11 is 5.91. The standard InChI is InChI=1S/C18H18ClFN6O2/c19-13-10-12(20)4-5-14(13)21-16(27)11-26-18(28)25-9-6-15(22-17(25)23-26)24-7-2-1-3-8-24/h4-6,9-10H,1-3,7-8,11H2,(H,21,27). The molecular weight excluding hydrogens is 387 g/mol. The Morgan fingerprint density at radius 2 is 2.00 bits per heavy atom. The van der Waals surface area contributed by atoms with Gasteiger partial charge in [-0.05, 0) is 43.5 Å². The van der Waals surface area contributed by atoms with Gasteiger partial charge in [-0.15, -0.1) is 5.10 Å². The van der Waals surface area contributed by atoms with Gasteiger partial charge in [-0.25, -0.2) is 18.3 Å². The van der Waals surface area contributed by atoms with Gasteiger partial charge in [0.1, 0.15) is 18.2 Å². The van der Waals surface area contributed by atoms with E-state index in [0.717, 1.165) is 42.5 Å². The highest BCUT2D eigenvalue weighted by atomic mass is 35.5. The maximum atomic E-state index is 13.1. The van der Waals surface area contributed by atoms with E-state index in [9.17, 15) is 14.0 Å². The van der Waals surface area contributed by atoms with Crippen molar-refractivity contribution in [1.29, 1.82) is 0 Å². The first-order valence-electron chi connectivity index (χ1n) is 8.97. The zero-order valence-corrected chi connectivity index (χ0v) is 15.7. The number of hydrogen-bond donors (Lipinski definition) is 1. The summed E-state index contributed by atoms with van der Waals surface area (Å²) < 4.78 is 15.4. The Hall–Kier alpha value is -2.94. The average Bonchev–Trinajstić information content (AvgIpc) is 2.99. The molecule has 0 unspecified atom stereocenters. The normalized spacial score (nSPS) is 14.4. The van der Waals surface area contributed by atoms with E-state index in [0.29, 0.717) is 0 Å². The van der Waals surface area contributed by atoms with Gasteiger partial charge < -0.3 is 10.2 Å². The predicted molar refractivity (Wildman–Crippen MR) is 103 cm³/mol. The van der Waals surface area contributed by atoms with Gasteiger partial charge in [0.15, 0.2) is 0 Å². The molecule has 146 valence electrons. The van der Waals surface area contributed by atoms with E-state index in [-0.39, 0.29) is 23.0 Å². The molecule has 3 heterocycles. The van der Waals surface area contributed by atoms with E-state index < -0.39 is 17.4 Å². The van der Waals surface area contributed by atoms with Crippen molar-refractivity contribution in [2.75, 3.05) is 23.3 Å². The van der Waals surface area contributed by atoms with Crippen molar-refractivity contribution in [3.8, 4) is 0 Å². The fraction of sp³-hybridized carbons (Fsp3) is 0.333. The van der Waals surface area contributed by atoms with Crippen molar-refractivity contribution >= 4 is 34.8 Å². The number of piperidine rings is 1. The van der Waals surface area contributed by atoms with Crippen molar-refractivity contribution in [3.63, 3.8) is 0 Å². The van der Waals surface area contributed by atoms with Crippen LogP contribution in [0.3, 0.4) is 0 Å². The summed E-state index contributed by atoms with van der Waals surface area (Å²) in [6.45, 7) is 1.54. The fourth-order valence-electron chi connectivity index (χ4n) is 3.22. The second kappa shape index (κ2) is 7.59. The molecule has 1 fully saturated rings. The highest BCUT2D eigenvalue weighted by Gasteiger charge is 2.16. The van der Waals surface area contributed by atoms with Crippen LogP contribution in [0.15, 0.2) is 35.3 Å². The van der Waals surface area contributed by atoms with Gasteiger partial charge in [-0.2, -0.15) is 4.98 Å². The molecule has 1 N–H and O–H groups in total. The number of benzene rings is 1. The largest absolute Gasteiger partial charge is 0.356 e. The maximum Gasteiger partial charge on any atom is 0.352 e. The third-order valence-electron chi connectivity index (χ3n) is 4.62.